The summed E-state index contributed by atoms with van der Waals surface area (Å²) in [4.78, 5) is 12.0. The van der Waals surface area contributed by atoms with Crippen molar-refractivity contribution in [3.05, 3.63) is 35.5 Å². The summed E-state index contributed by atoms with van der Waals surface area (Å²) in [7, 11) is 0. The Morgan fingerprint density at radius 3 is 2.54 bits per heavy atom. The first-order valence-corrected chi connectivity index (χ1v) is 9.08. The van der Waals surface area contributed by atoms with Gasteiger partial charge in [0.15, 0.2) is 11.5 Å². The fourth-order valence-electron chi connectivity index (χ4n) is 2.19. The second-order valence-electron chi connectivity index (χ2n) is 5.80. The molecule has 1 rings (SSSR count). The summed E-state index contributed by atoms with van der Waals surface area (Å²) in [5, 5.41) is 14.9. The highest BCUT2D eigenvalue weighted by molar-refractivity contribution is 5.97. The zero-order chi connectivity index (χ0) is 19.4. The van der Waals surface area contributed by atoms with Gasteiger partial charge in [-0.1, -0.05) is 13.0 Å². The highest BCUT2D eigenvalue weighted by Gasteiger charge is 2.11. The van der Waals surface area contributed by atoms with Crippen LogP contribution in [-0.4, -0.2) is 31.7 Å². The Hall–Kier alpha value is -2.68. The zero-order valence-electron chi connectivity index (χ0n) is 16.1. The van der Waals surface area contributed by atoms with E-state index in [4.69, 9.17) is 14.7 Å². The van der Waals surface area contributed by atoms with Gasteiger partial charge in [-0.3, -0.25) is 4.79 Å². The summed E-state index contributed by atoms with van der Waals surface area (Å²) in [6, 6.07) is 7.82. The molecular formula is C20H29N3O3. The van der Waals surface area contributed by atoms with Crippen LogP contribution in [0.3, 0.4) is 0 Å². The van der Waals surface area contributed by atoms with Crippen LogP contribution in [0.1, 0.15) is 39.7 Å². The minimum atomic E-state index is -0.353. The molecule has 0 saturated carbocycles. The molecule has 1 aromatic rings. The number of hydrogen-bond donors (Lipinski definition) is 2. The molecule has 1 amide bonds. The van der Waals surface area contributed by atoms with E-state index >= 15 is 0 Å². The topological polar surface area (TPSA) is 83.4 Å². The van der Waals surface area contributed by atoms with E-state index in [1.807, 2.05) is 52.0 Å². The van der Waals surface area contributed by atoms with Crippen molar-refractivity contribution in [1.82, 2.24) is 10.6 Å². The minimum absolute atomic E-state index is 0.0418. The molecule has 2 N–H and O–H groups in total. The molecule has 0 spiro atoms. The fraction of sp³-hybridized carbons (Fsp3) is 0.500. The van der Waals surface area contributed by atoms with Crippen LogP contribution >= 0.6 is 0 Å². The van der Waals surface area contributed by atoms with Crippen molar-refractivity contribution < 1.29 is 14.3 Å². The number of nitrogens with zero attached hydrogens (tertiary/aromatic N) is 1. The molecule has 0 aliphatic rings. The van der Waals surface area contributed by atoms with Crippen LogP contribution in [0.4, 0.5) is 0 Å². The first kappa shape index (κ1) is 21.4. The van der Waals surface area contributed by atoms with E-state index in [9.17, 15) is 4.79 Å². The van der Waals surface area contributed by atoms with Crippen molar-refractivity contribution in [1.29, 1.82) is 5.26 Å². The predicted molar refractivity (Wildman–Crippen MR) is 102 cm³/mol. The van der Waals surface area contributed by atoms with E-state index in [1.165, 1.54) is 6.20 Å². The minimum Gasteiger partial charge on any atom is -0.490 e. The number of nitriles is 1. The first-order valence-electron chi connectivity index (χ1n) is 9.08. The summed E-state index contributed by atoms with van der Waals surface area (Å²) < 4.78 is 11.2. The molecule has 0 radical (unpaired) electrons. The van der Waals surface area contributed by atoms with Gasteiger partial charge in [0.2, 0.25) is 0 Å². The van der Waals surface area contributed by atoms with Crippen molar-refractivity contribution in [2.75, 3.05) is 19.8 Å². The summed E-state index contributed by atoms with van der Waals surface area (Å²) in [5.41, 5.74) is 1.16. The Bertz CT molecular complexity index is 650. The van der Waals surface area contributed by atoms with Gasteiger partial charge >= 0.3 is 0 Å². The van der Waals surface area contributed by atoms with Crippen LogP contribution in [0.25, 0.3) is 0 Å². The molecule has 0 bridgehead atoms. The van der Waals surface area contributed by atoms with Crippen molar-refractivity contribution in [2.24, 2.45) is 0 Å². The van der Waals surface area contributed by atoms with E-state index < -0.39 is 0 Å². The maximum atomic E-state index is 12.0. The molecule has 0 aliphatic heterocycles. The Morgan fingerprint density at radius 1 is 1.23 bits per heavy atom. The summed E-state index contributed by atoms with van der Waals surface area (Å²) in [6.07, 6.45) is 3.02. The Labute approximate surface area is 156 Å². The standard InChI is InChI=1S/C20H29N3O3/c1-5-15(4)23-20(24)17(13-21)14-22-11-10-16-8-9-18(25-6-2)19(12-16)26-7-3/h8-9,12,14-15,22H,5-7,10-11H2,1-4H3,(H,23,24)/b17-14-. The first-order chi connectivity index (χ1) is 12.5. The molecule has 1 atom stereocenters. The van der Waals surface area contributed by atoms with Gasteiger partial charge < -0.3 is 20.1 Å². The Kier molecular flexibility index (Phi) is 9.70. The number of ether oxygens (including phenoxy) is 2. The van der Waals surface area contributed by atoms with Gasteiger partial charge in [-0.05, 0) is 51.3 Å². The van der Waals surface area contributed by atoms with Crippen molar-refractivity contribution >= 4 is 5.91 Å². The third-order valence-corrected chi connectivity index (χ3v) is 3.77. The van der Waals surface area contributed by atoms with Crippen molar-refractivity contribution in [3.8, 4) is 17.6 Å². The average molecular weight is 359 g/mol. The fourth-order valence-corrected chi connectivity index (χ4v) is 2.19. The molecule has 0 saturated heterocycles. The zero-order valence-corrected chi connectivity index (χ0v) is 16.1. The summed E-state index contributed by atoms with van der Waals surface area (Å²) in [5.74, 6) is 1.11. The van der Waals surface area contributed by atoms with Gasteiger partial charge in [0.05, 0.1) is 13.2 Å². The van der Waals surface area contributed by atoms with Crippen LogP contribution in [0.2, 0.25) is 0 Å². The quantitative estimate of drug-likeness (QED) is 0.361. The van der Waals surface area contributed by atoms with Crippen molar-refractivity contribution in [3.63, 3.8) is 0 Å². The second-order valence-corrected chi connectivity index (χ2v) is 5.80. The third kappa shape index (κ3) is 7.06. The van der Waals surface area contributed by atoms with Gasteiger partial charge in [0.1, 0.15) is 11.6 Å². The van der Waals surface area contributed by atoms with Crippen LogP contribution in [0.5, 0.6) is 11.5 Å². The van der Waals surface area contributed by atoms with Gasteiger partial charge in [-0.2, -0.15) is 5.26 Å². The summed E-state index contributed by atoms with van der Waals surface area (Å²) >= 11 is 0. The number of amides is 1. The maximum absolute atomic E-state index is 12.0. The molecule has 6 nitrogen and oxygen atoms in total. The number of carbonyl (C=O) groups is 1. The molecule has 6 heteroatoms. The number of hydrogen-bond acceptors (Lipinski definition) is 5. The molecule has 142 valence electrons. The van der Waals surface area contributed by atoms with Crippen molar-refractivity contribution in [2.45, 2.75) is 46.6 Å². The average Bonchev–Trinajstić information content (AvgIpc) is 2.63. The lowest BCUT2D eigenvalue weighted by Gasteiger charge is -2.12. The van der Waals surface area contributed by atoms with E-state index in [2.05, 4.69) is 10.6 Å². The maximum Gasteiger partial charge on any atom is 0.263 e. The number of benzene rings is 1. The number of carbonyl (C=O) groups excluding carboxylic acids is 1. The molecule has 1 aromatic carbocycles. The predicted octanol–water partition coefficient (Wildman–Crippen LogP) is 2.94. The van der Waals surface area contributed by atoms with Crippen LogP contribution in [0, 0.1) is 11.3 Å². The van der Waals surface area contributed by atoms with Gasteiger partial charge in [-0.15, -0.1) is 0 Å². The van der Waals surface area contributed by atoms with Crippen LogP contribution < -0.4 is 20.1 Å². The van der Waals surface area contributed by atoms with E-state index in [0.29, 0.717) is 19.8 Å². The SMILES string of the molecule is CCOc1ccc(CCN/C=C(/C#N)C(=O)NC(C)CC)cc1OCC. The second kappa shape index (κ2) is 11.8. The molecule has 0 aliphatic carbocycles. The lowest BCUT2D eigenvalue weighted by molar-refractivity contribution is -0.117. The molecular weight excluding hydrogens is 330 g/mol. The number of rotatable bonds is 11. The lowest BCUT2D eigenvalue weighted by atomic mass is 10.1. The Balaban J connectivity index is 2.62. The highest BCUT2D eigenvalue weighted by atomic mass is 16.5. The largest absolute Gasteiger partial charge is 0.490 e. The molecule has 26 heavy (non-hydrogen) atoms. The monoisotopic (exact) mass is 359 g/mol. The van der Waals surface area contributed by atoms with Gasteiger partial charge in [0, 0.05) is 18.8 Å². The lowest BCUT2D eigenvalue weighted by Crippen LogP contribution is -2.33. The van der Waals surface area contributed by atoms with Crippen LogP contribution in [0.15, 0.2) is 30.0 Å². The van der Waals surface area contributed by atoms with E-state index in [1.54, 1.807) is 0 Å². The van der Waals surface area contributed by atoms with Gasteiger partial charge in [-0.25, -0.2) is 0 Å². The van der Waals surface area contributed by atoms with E-state index in [-0.39, 0.29) is 17.5 Å². The number of nitrogens with one attached hydrogen (secondary N) is 2. The summed E-state index contributed by atoms with van der Waals surface area (Å²) in [6.45, 7) is 9.51. The van der Waals surface area contributed by atoms with Gasteiger partial charge in [0.25, 0.3) is 5.91 Å². The molecule has 0 aromatic heterocycles. The highest BCUT2D eigenvalue weighted by Crippen LogP contribution is 2.28. The normalized spacial score (nSPS) is 12.0. The molecule has 1 unspecified atom stereocenters. The third-order valence-electron chi connectivity index (χ3n) is 3.77. The smallest absolute Gasteiger partial charge is 0.263 e. The van der Waals surface area contributed by atoms with E-state index in [0.717, 1.165) is 29.9 Å². The molecule has 0 heterocycles. The van der Waals surface area contributed by atoms with Crippen LogP contribution in [-0.2, 0) is 11.2 Å². The Morgan fingerprint density at radius 2 is 1.92 bits per heavy atom. The molecule has 0 fully saturated rings.